The number of likely N-dealkylation sites (N-methyl/N-ethyl adjacent to an activating group) is 1. The number of hydrogen-bond acceptors (Lipinski definition) is 2. The van der Waals surface area contributed by atoms with Gasteiger partial charge in [-0.1, -0.05) is 37.3 Å². The summed E-state index contributed by atoms with van der Waals surface area (Å²) >= 11 is 0. The average Bonchev–Trinajstić information content (AvgIpc) is 2.19. The number of aliphatic hydroxyl groups is 1. The smallest absolute Gasteiger partial charge is 0.0916 e. The molecule has 1 N–H and O–H groups in total. The molecule has 0 aliphatic carbocycles. The van der Waals surface area contributed by atoms with E-state index in [-0.39, 0.29) is 6.10 Å². The van der Waals surface area contributed by atoms with Crippen molar-refractivity contribution in [2.75, 3.05) is 20.1 Å². The summed E-state index contributed by atoms with van der Waals surface area (Å²) in [6, 6.07) is 9.76. The first kappa shape index (κ1) is 10.2. The largest absolute Gasteiger partial charge is 0.387 e. The van der Waals surface area contributed by atoms with Gasteiger partial charge in [0.1, 0.15) is 0 Å². The van der Waals surface area contributed by atoms with Crippen LogP contribution < -0.4 is 0 Å². The standard InChI is InChI=1S/C11H17NO/c1-3-12(2)9-11(13)10-7-5-4-6-8-10/h4-8,11,13H,3,9H2,1-2H3/t11-/m1/s1. The zero-order valence-electron chi connectivity index (χ0n) is 8.27. The molecular weight excluding hydrogens is 162 g/mol. The Morgan fingerprint density at radius 1 is 1.31 bits per heavy atom. The van der Waals surface area contributed by atoms with Gasteiger partial charge in [0.2, 0.25) is 0 Å². The summed E-state index contributed by atoms with van der Waals surface area (Å²) in [7, 11) is 2.01. The molecule has 0 fully saturated rings. The van der Waals surface area contributed by atoms with Crippen molar-refractivity contribution in [2.45, 2.75) is 13.0 Å². The number of rotatable bonds is 4. The van der Waals surface area contributed by atoms with E-state index in [4.69, 9.17) is 0 Å². The molecule has 0 bridgehead atoms. The predicted molar refractivity (Wildman–Crippen MR) is 54.6 cm³/mol. The van der Waals surface area contributed by atoms with Gasteiger partial charge in [-0.05, 0) is 19.2 Å². The molecule has 1 aromatic rings. The number of aliphatic hydroxyl groups excluding tert-OH is 1. The summed E-state index contributed by atoms with van der Waals surface area (Å²) < 4.78 is 0. The van der Waals surface area contributed by atoms with E-state index in [0.29, 0.717) is 6.54 Å². The summed E-state index contributed by atoms with van der Waals surface area (Å²) in [5, 5.41) is 9.78. The highest BCUT2D eigenvalue weighted by Gasteiger charge is 2.08. The highest BCUT2D eigenvalue weighted by atomic mass is 16.3. The van der Waals surface area contributed by atoms with Crippen LogP contribution in [0.5, 0.6) is 0 Å². The van der Waals surface area contributed by atoms with Gasteiger partial charge in [-0.25, -0.2) is 0 Å². The first-order valence-electron chi connectivity index (χ1n) is 4.65. The molecule has 0 aliphatic rings. The van der Waals surface area contributed by atoms with Crippen molar-refractivity contribution in [1.29, 1.82) is 0 Å². The Morgan fingerprint density at radius 2 is 1.92 bits per heavy atom. The van der Waals surface area contributed by atoms with Crippen LogP contribution in [0.1, 0.15) is 18.6 Å². The number of nitrogens with zero attached hydrogens (tertiary/aromatic N) is 1. The molecule has 72 valence electrons. The Morgan fingerprint density at radius 3 is 2.46 bits per heavy atom. The van der Waals surface area contributed by atoms with E-state index in [1.807, 2.05) is 37.4 Å². The summed E-state index contributed by atoms with van der Waals surface area (Å²) in [5.74, 6) is 0. The molecule has 0 saturated carbocycles. The predicted octanol–water partition coefficient (Wildman–Crippen LogP) is 1.67. The molecular formula is C11H17NO. The normalized spacial score (nSPS) is 13.2. The Kier molecular flexibility index (Phi) is 3.93. The highest BCUT2D eigenvalue weighted by molar-refractivity contribution is 5.17. The Balaban J connectivity index is 2.53. The van der Waals surface area contributed by atoms with Crippen LogP contribution in [0.25, 0.3) is 0 Å². The fourth-order valence-electron chi connectivity index (χ4n) is 1.20. The van der Waals surface area contributed by atoms with Crippen molar-refractivity contribution in [3.05, 3.63) is 35.9 Å². The maximum Gasteiger partial charge on any atom is 0.0916 e. The second-order valence-corrected chi connectivity index (χ2v) is 3.28. The fraction of sp³-hybridized carbons (Fsp3) is 0.455. The molecule has 0 heterocycles. The monoisotopic (exact) mass is 179 g/mol. The molecule has 0 radical (unpaired) electrons. The van der Waals surface area contributed by atoms with Crippen LogP contribution in [0.4, 0.5) is 0 Å². The van der Waals surface area contributed by atoms with Crippen LogP contribution >= 0.6 is 0 Å². The fourth-order valence-corrected chi connectivity index (χ4v) is 1.20. The van der Waals surface area contributed by atoms with Gasteiger partial charge < -0.3 is 10.0 Å². The van der Waals surface area contributed by atoms with Gasteiger partial charge in [-0.2, -0.15) is 0 Å². The molecule has 1 aromatic carbocycles. The molecule has 1 rings (SSSR count). The third-order valence-electron chi connectivity index (χ3n) is 2.21. The maximum atomic E-state index is 9.78. The summed E-state index contributed by atoms with van der Waals surface area (Å²) in [5.41, 5.74) is 0.989. The number of hydrogen-bond donors (Lipinski definition) is 1. The zero-order chi connectivity index (χ0) is 9.68. The first-order chi connectivity index (χ1) is 6.24. The lowest BCUT2D eigenvalue weighted by molar-refractivity contribution is 0.129. The quantitative estimate of drug-likeness (QED) is 0.760. The van der Waals surface area contributed by atoms with E-state index in [2.05, 4.69) is 11.8 Å². The van der Waals surface area contributed by atoms with Crippen LogP contribution in [-0.4, -0.2) is 30.1 Å². The molecule has 1 atom stereocenters. The molecule has 0 aromatic heterocycles. The first-order valence-corrected chi connectivity index (χ1v) is 4.65. The maximum absolute atomic E-state index is 9.78. The van der Waals surface area contributed by atoms with Crippen LogP contribution in [0.3, 0.4) is 0 Å². The SMILES string of the molecule is CCN(C)C[C@@H](O)c1ccccc1. The van der Waals surface area contributed by atoms with Gasteiger partial charge in [0, 0.05) is 6.54 Å². The van der Waals surface area contributed by atoms with Gasteiger partial charge in [0.05, 0.1) is 6.10 Å². The van der Waals surface area contributed by atoms with E-state index >= 15 is 0 Å². The van der Waals surface area contributed by atoms with Crippen LogP contribution in [0.2, 0.25) is 0 Å². The van der Waals surface area contributed by atoms with E-state index in [9.17, 15) is 5.11 Å². The third-order valence-corrected chi connectivity index (χ3v) is 2.21. The zero-order valence-corrected chi connectivity index (χ0v) is 8.27. The van der Waals surface area contributed by atoms with Gasteiger partial charge >= 0.3 is 0 Å². The topological polar surface area (TPSA) is 23.5 Å². The Labute approximate surface area is 79.8 Å². The molecule has 0 spiro atoms. The van der Waals surface area contributed by atoms with Gasteiger partial charge in [0.25, 0.3) is 0 Å². The second kappa shape index (κ2) is 5.00. The van der Waals surface area contributed by atoms with E-state index in [1.165, 1.54) is 0 Å². The molecule has 0 saturated heterocycles. The second-order valence-electron chi connectivity index (χ2n) is 3.28. The van der Waals surface area contributed by atoms with Crippen molar-refractivity contribution in [1.82, 2.24) is 4.90 Å². The van der Waals surface area contributed by atoms with Crippen LogP contribution in [0, 0.1) is 0 Å². The van der Waals surface area contributed by atoms with Crippen molar-refractivity contribution in [2.24, 2.45) is 0 Å². The average molecular weight is 179 g/mol. The molecule has 0 unspecified atom stereocenters. The van der Waals surface area contributed by atoms with Crippen LogP contribution in [-0.2, 0) is 0 Å². The highest BCUT2D eigenvalue weighted by Crippen LogP contribution is 2.12. The minimum atomic E-state index is -0.369. The van der Waals surface area contributed by atoms with Crippen molar-refractivity contribution in [3.63, 3.8) is 0 Å². The summed E-state index contributed by atoms with van der Waals surface area (Å²) in [4.78, 5) is 2.09. The van der Waals surface area contributed by atoms with E-state index in [1.54, 1.807) is 0 Å². The van der Waals surface area contributed by atoms with Crippen molar-refractivity contribution < 1.29 is 5.11 Å². The van der Waals surface area contributed by atoms with E-state index in [0.717, 1.165) is 12.1 Å². The number of benzene rings is 1. The summed E-state index contributed by atoms with van der Waals surface area (Å²) in [6.45, 7) is 3.74. The molecule has 2 heteroatoms. The summed E-state index contributed by atoms with van der Waals surface area (Å²) in [6.07, 6.45) is -0.369. The van der Waals surface area contributed by atoms with Gasteiger partial charge in [-0.15, -0.1) is 0 Å². The van der Waals surface area contributed by atoms with Gasteiger partial charge in [0.15, 0.2) is 0 Å². The lowest BCUT2D eigenvalue weighted by Crippen LogP contribution is -2.24. The lowest BCUT2D eigenvalue weighted by Gasteiger charge is -2.18. The Bertz CT molecular complexity index is 235. The minimum Gasteiger partial charge on any atom is -0.387 e. The lowest BCUT2D eigenvalue weighted by atomic mass is 10.1. The molecule has 13 heavy (non-hydrogen) atoms. The van der Waals surface area contributed by atoms with Crippen molar-refractivity contribution >= 4 is 0 Å². The molecule has 0 aliphatic heterocycles. The van der Waals surface area contributed by atoms with Gasteiger partial charge in [-0.3, -0.25) is 0 Å². The Hall–Kier alpha value is -0.860. The molecule has 2 nitrogen and oxygen atoms in total. The van der Waals surface area contributed by atoms with Crippen LogP contribution in [0.15, 0.2) is 30.3 Å². The van der Waals surface area contributed by atoms with Crippen molar-refractivity contribution in [3.8, 4) is 0 Å². The third kappa shape index (κ3) is 3.17. The minimum absolute atomic E-state index is 0.369. The molecule has 0 amide bonds. The van der Waals surface area contributed by atoms with E-state index < -0.39 is 0 Å².